The van der Waals surface area contributed by atoms with Crippen LogP contribution in [0.25, 0.3) is 0 Å². The molecular weight excluding hydrogens is 406 g/mol. The largest absolute Gasteiger partial charge is 0.355 e. The molecule has 0 aromatic rings. The van der Waals surface area contributed by atoms with Gasteiger partial charge in [-0.05, 0) is 16.6 Å². The van der Waals surface area contributed by atoms with E-state index in [9.17, 15) is 0 Å². The number of halogens is 5. The van der Waals surface area contributed by atoms with Crippen LogP contribution in [0.4, 0.5) is 0 Å². The van der Waals surface area contributed by atoms with E-state index >= 15 is 0 Å². The quantitative estimate of drug-likeness (QED) is 0.274. The first-order valence-corrected chi connectivity index (χ1v) is 20.7. The van der Waals surface area contributed by atoms with E-state index < -0.39 is 18.8 Å². The molecule has 0 aromatic heterocycles. The van der Waals surface area contributed by atoms with Crippen LogP contribution in [0.1, 0.15) is 60.8 Å². The van der Waals surface area contributed by atoms with Crippen molar-refractivity contribution in [3.63, 3.8) is 0 Å². The van der Waals surface area contributed by atoms with Gasteiger partial charge in [-0.25, -0.2) is 0 Å². The van der Waals surface area contributed by atoms with Crippen molar-refractivity contribution < 1.29 is 0 Å². The lowest BCUT2D eigenvalue weighted by Crippen LogP contribution is -2.71. The van der Waals surface area contributed by atoms with Gasteiger partial charge in [-0.2, -0.15) is 0 Å². The molecule has 0 rings (SSSR count). The molecule has 0 aliphatic heterocycles. The van der Waals surface area contributed by atoms with Gasteiger partial charge in [-0.1, -0.05) is 60.8 Å². The van der Waals surface area contributed by atoms with Gasteiger partial charge in [0.2, 0.25) is 0 Å². The Balaban J connectivity index is 6.27. The average molecular weight is 433 g/mol. The molecule has 0 bridgehead atoms. The SMILES string of the molecule is CCC(C)[Si](C(C)CC)(C(C)CC)[Si](Cl)(Cl)[Si](Cl)(Cl)Cl. The number of rotatable bonds is 8. The van der Waals surface area contributed by atoms with Crippen molar-refractivity contribution in [2.45, 2.75) is 77.4 Å². The minimum atomic E-state index is -3.11. The van der Waals surface area contributed by atoms with E-state index in [1.807, 2.05) is 0 Å². The zero-order chi connectivity index (χ0) is 16.4. The highest BCUT2D eigenvalue weighted by Crippen LogP contribution is 2.58. The van der Waals surface area contributed by atoms with Crippen LogP contribution in [0.2, 0.25) is 16.6 Å². The standard InChI is InChI=1S/C12H27Cl5Si3/c1-7-10(4)18(11(5)8-2,12(6)9-3)20(16,17)19(13,14)15/h10-12H,7-9H2,1-6H3. The summed E-state index contributed by atoms with van der Waals surface area (Å²) in [5, 5.41) is 0. The molecule has 20 heavy (non-hydrogen) atoms. The molecule has 0 amide bonds. The second kappa shape index (κ2) is 8.27. The van der Waals surface area contributed by atoms with Crippen molar-refractivity contribution in [2.75, 3.05) is 0 Å². The van der Waals surface area contributed by atoms with Gasteiger partial charge in [-0.15, -0.1) is 55.4 Å². The lowest BCUT2D eigenvalue weighted by Gasteiger charge is -2.53. The second-order valence-electron chi connectivity index (χ2n) is 5.93. The fourth-order valence-corrected chi connectivity index (χ4v) is 54.2. The van der Waals surface area contributed by atoms with Crippen LogP contribution < -0.4 is 0 Å². The monoisotopic (exact) mass is 430 g/mol. The van der Waals surface area contributed by atoms with E-state index in [1.165, 1.54) is 0 Å². The van der Waals surface area contributed by atoms with Crippen molar-refractivity contribution >= 4 is 74.2 Å². The van der Waals surface area contributed by atoms with Crippen molar-refractivity contribution in [2.24, 2.45) is 0 Å². The van der Waals surface area contributed by atoms with Gasteiger partial charge in [0, 0.05) is 0 Å². The maximum Gasteiger partial charge on any atom is 0.355 e. The minimum Gasteiger partial charge on any atom is -0.149 e. The van der Waals surface area contributed by atoms with E-state index in [1.54, 1.807) is 0 Å². The van der Waals surface area contributed by atoms with E-state index in [0.29, 0.717) is 16.6 Å². The Labute approximate surface area is 151 Å². The molecule has 0 aliphatic rings. The van der Waals surface area contributed by atoms with Crippen LogP contribution in [0.15, 0.2) is 0 Å². The normalized spacial score (nSPS) is 21.1. The molecular formula is C12H27Cl5Si3. The summed E-state index contributed by atoms with van der Waals surface area (Å²) < 4.78 is 0. The zero-order valence-corrected chi connectivity index (χ0v) is 20.0. The first-order chi connectivity index (χ1) is 8.94. The van der Waals surface area contributed by atoms with Gasteiger partial charge in [0.15, 0.2) is 0 Å². The van der Waals surface area contributed by atoms with E-state index in [2.05, 4.69) is 41.5 Å². The summed E-state index contributed by atoms with van der Waals surface area (Å²) in [5.41, 5.74) is -4.58. The first kappa shape index (κ1) is 22.1. The van der Waals surface area contributed by atoms with Crippen LogP contribution in [0.5, 0.6) is 0 Å². The van der Waals surface area contributed by atoms with Gasteiger partial charge in [0.05, 0.1) is 7.59 Å². The smallest absolute Gasteiger partial charge is 0.149 e. The van der Waals surface area contributed by atoms with Gasteiger partial charge in [0.1, 0.15) is 0 Å². The second-order valence-corrected chi connectivity index (χ2v) is 41.2. The highest BCUT2D eigenvalue weighted by Gasteiger charge is 2.71. The Morgan fingerprint density at radius 3 is 1.05 bits per heavy atom. The molecule has 8 heteroatoms. The summed E-state index contributed by atoms with van der Waals surface area (Å²) in [6.45, 7) is 13.5. The molecule has 0 spiro atoms. The summed E-state index contributed by atoms with van der Waals surface area (Å²) in [7, 11) is -2.13. The minimum absolute atomic E-state index is 0.484. The molecule has 0 fully saturated rings. The molecule has 0 heterocycles. The first-order valence-electron chi connectivity index (χ1n) is 7.39. The van der Waals surface area contributed by atoms with Gasteiger partial charge >= 0.3 is 5.52 Å². The summed E-state index contributed by atoms with van der Waals surface area (Å²) >= 11 is 33.2. The zero-order valence-electron chi connectivity index (χ0n) is 13.2. The highest BCUT2D eigenvalue weighted by atomic mass is 35.9. The summed E-state index contributed by atoms with van der Waals surface area (Å²) in [4.78, 5) is 0. The fourth-order valence-electron chi connectivity index (χ4n) is 3.64. The van der Waals surface area contributed by atoms with Gasteiger partial charge in [0.25, 0.3) is 5.73 Å². The van der Waals surface area contributed by atoms with Gasteiger partial charge < -0.3 is 0 Å². The summed E-state index contributed by atoms with van der Waals surface area (Å²) in [6, 6.07) is 0. The van der Waals surface area contributed by atoms with Crippen molar-refractivity contribution in [1.29, 1.82) is 0 Å². The molecule has 0 aliphatic carbocycles. The van der Waals surface area contributed by atoms with Crippen LogP contribution in [0, 0.1) is 0 Å². The predicted octanol–water partition coefficient (Wildman–Crippen LogP) is 7.57. The average Bonchev–Trinajstić information content (AvgIpc) is 2.36. The molecule has 0 saturated carbocycles. The molecule has 122 valence electrons. The molecule has 0 saturated heterocycles. The van der Waals surface area contributed by atoms with Gasteiger partial charge in [-0.3, -0.25) is 0 Å². The molecule has 3 unspecified atom stereocenters. The Kier molecular flexibility index (Phi) is 9.14. The Morgan fingerprint density at radius 1 is 0.650 bits per heavy atom. The third kappa shape index (κ3) is 3.77. The van der Waals surface area contributed by atoms with Crippen molar-refractivity contribution in [3.8, 4) is 0 Å². The van der Waals surface area contributed by atoms with Crippen molar-refractivity contribution in [1.82, 2.24) is 0 Å². The van der Waals surface area contributed by atoms with Crippen LogP contribution in [0.3, 0.4) is 0 Å². The van der Waals surface area contributed by atoms with Crippen LogP contribution >= 0.6 is 55.4 Å². The Morgan fingerprint density at radius 2 is 0.900 bits per heavy atom. The molecule has 3 atom stereocenters. The van der Waals surface area contributed by atoms with Crippen LogP contribution in [-0.2, 0) is 0 Å². The lowest BCUT2D eigenvalue weighted by molar-refractivity contribution is 0.708. The summed E-state index contributed by atoms with van der Waals surface area (Å²) in [6.07, 6.45) is 3.18. The molecule has 0 aromatic carbocycles. The number of hydrogen-bond donors (Lipinski definition) is 0. The maximum absolute atomic E-state index is 6.99. The van der Waals surface area contributed by atoms with E-state index in [0.717, 1.165) is 19.3 Å². The highest BCUT2D eigenvalue weighted by molar-refractivity contribution is 8.14. The maximum atomic E-state index is 6.99. The lowest BCUT2D eigenvalue weighted by atomic mass is 10.3. The predicted molar refractivity (Wildman–Crippen MR) is 106 cm³/mol. The summed E-state index contributed by atoms with van der Waals surface area (Å²) in [5.74, 6) is 0. The number of hydrogen-bond acceptors (Lipinski definition) is 0. The van der Waals surface area contributed by atoms with E-state index in [-0.39, 0.29) is 0 Å². The third-order valence-corrected chi connectivity index (χ3v) is 58.4. The van der Waals surface area contributed by atoms with Crippen LogP contribution in [-0.4, -0.2) is 18.8 Å². The molecule has 0 nitrogen and oxygen atoms in total. The Bertz CT molecular complexity index is 279. The topological polar surface area (TPSA) is 0 Å². The van der Waals surface area contributed by atoms with E-state index in [4.69, 9.17) is 55.4 Å². The third-order valence-electron chi connectivity index (χ3n) is 5.18. The Hall–Kier alpha value is 2.10. The molecule has 0 radical (unpaired) electrons. The fraction of sp³-hybridized carbons (Fsp3) is 1.00. The van der Waals surface area contributed by atoms with Crippen molar-refractivity contribution in [3.05, 3.63) is 0 Å². The molecule has 0 N–H and O–H groups in total.